The molecule has 16 nitrogen and oxygen atoms in total. The van der Waals surface area contributed by atoms with Crippen molar-refractivity contribution in [3.63, 3.8) is 0 Å². The Bertz CT molecular complexity index is 1710. The Labute approximate surface area is 252 Å². The summed E-state index contributed by atoms with van der Waals surface area (Å²) in [6, 6.07) is 17.2. The Hall–Kier alpha value is -6.39. The molecule has 45 heavy (non-hydrogen) atoms. The van der Waals surface area contributed by atoms with Crippen molar-refractivity contribution >= 4 is 34.9 Å². The average Bonchev–Trinajstić information content (AvgIpc) is 3.02. The number of amides is 1. The summed E-state index contributed by atoms with van der Waals surface area (Å²) in [5.41, 5.74) is -0.434. The molecule has 4 aromatic rings. The number of ether oxygens (including phenoxy) is 2. The van der Waals surface area contributed by atoms with E-state index >= 15 is 0 Å². The van der Waals surface area contributed by atoms with Crippen LogP contribution in [0.15, 0.2) is 84.9 Å². The van der Waals surface area contributed by atoms with Gasteiger partial charge in [-0.2, -0.15) is 5.48 Å². The fourth-order valence-corrected chi connectivity index (χ4v) is 4.37. The Kier molecular flexibility index (Phi) is 9.62. The van der Waals surface area contributed by atoms with Crippen molar-refractivity contribution in [1.29, 1.82) is 0 Å². The molecule has 0 saturated heterocycles. The number of nitrogens with one attached hydrogen (secondary N) is 2. The summed E-state index contributed by atoms with van der Waals surface area (Å²) in [7, 11) is 0. The minimum Gasteiger partial charge on any atom is -0.478 e. The van der Waals surface area contributed by atoms with Gasteiger partial charge in [-0.15, -0.1) is 0 Å². The van der Waals surface area contributed by atoms with Gasteiger partial charge < -0.3 is 30.2 Å². The van der Waals surface area contributed by atoms with Gasteiger partial charge in [-0.05, 0) is 54.1 Å². The van der Waals surface area contributed by atoms with Gasteiger partial charge >= 0.3 is 11.9 Å². The number of carbonyl (C=O) groups excluding carboxylic acids is 1. The molecule has 0 aliphatic rings. The van der Waals surface area contributed by atoms with Crippen molar-refractivity contribution in [1.82, 2.24) is 5.48 Å². The van der Waals surface area contributed by atoms with Crippen LogP contribution in [0.1, 0.15) is 48.2 Å². The second-order valence-electron chi connectivity index (χ2n) is 9.08. The maximum absolute atomic E-state index is 12.7. The van der Waals surface area contributed by atoms with Crippen molar-refractivity contribution in [3.8, 4) is 11.5 Å². The molecule has 5 N–H and O–H groups in total. The van der Waals surface area contributed by atoms with E-state index in [1.54, 1.807) is 0 Å². The molecule has 4 rings (SSSR count). The fraction of sp³-hybridized carbons (Fsp3) is 0.0690. The quantitative estimate of drug-likeness (QED) is 0.0780. The largest absolute Gasteiger partial charge is 0.478 e. The first kappa shape index (κ1) is 31.5. The highest BCUT2D eigenvalue weighted by Gasteiger charge is 2.30. The molecule has 0 aliphatic carbocycles. The second kappa shape index (κ2) is 13.7. The fourth-order valence-electron chi connectivity index (χ4n) is 4.37. The molecular weight excluding hydrogens is 596 g/mol. The third-order valence-electron chi connectivity index (χ3n) is 6.40. The lowest BCUT2D eigenvalue weighted by molar-refractivity contribution is -0.385. The number of hydroxylamine groups is 1. The number of benzene rings is 4. The number of rotatable bonds is 13. The summed E-state index contributed by atoms with van der Waals surface area (Å²) < 4.78 is 11.0. The minimum absolute atomic E-state index is 0.204. The monoisotopic (exact) mass is 618 g/mol. The molecule has 0 spiro atoms. The molecule has 230 valence electrons. The topological polar surface area (TPSA) is 241 Å². The standard InChI is InChI=1S/C29H22N4O12/c34-27(25-21(29(37)38)4-2-6-23(25)33(42)43)30-17-9-13-19(14-10-17)45-15-44-18-11-7-16(8-12-18)26(31-39)24-20(28(35)36)3-1-5-22(24)32(40)41/h1-14,26,31,39H,15H2,(H,30,34)(H,35,36)(H,37,38). The van der Waals surface area contributed by atoms with Crippen LogP contribution in [0.2, 0.25) is 0 Å². The molecule has 16 heteroatoms. The zero-order chi connectivity index (χ0) is 32.7. The van der Waals surface area contributed by atoms with E-state index in [-0.39, 0.29) is 23.6 Å². The molecule has 0 aromatic heterocycles. The van der Waals surface area contributed by atoms with Gasteiger partial charge in [0.1, 0.15) is 17.1 Å². The van der Waals surface area contributed by atoms with Crippen LogP contribution in [-0.4, -0.2) is 49.9 Å². The van der Waals surface area contributed by atoms with E-state index < -0.39 is 56.2 Å². The zero-order valence-corrected chi connectivity index (χ0v) is 22.8. The van der Waals surface area contributed by atoms with Crippen molar-refractivity contribution in [3.05, 3.63) is 133 Å². The van der Waals surface area contributed by atoms with Gasteiger partial charge in [0.25, 0.3) is 17.3 Å². The molecule has 0 saturated carbocycles. The number of aromatic carboxylic acids is 2. The minimum atomic E-state index is -1.50. The summed E-state index contributed by atoms with van der Waals surface area (Å²) in [6.07, 6.45) is 0. The summed E-state index contributed by atoms with van der Waals surface area (Å²) in [6.45, 7) is -0.280. The molecule has 0 heterocycles. The van der Waals surface area contributed by atoms with E-state index in [1.165, 1.54) is 66.7 Å². The lowest BCUT2D eigenvalue weighted by Gasteiger charge is -2.18. The highest BCUT2D eigenvalue weighted by atomic mass is 16.7. The molecular formula is C29H22N4O12. The number of carboxylic acids is 2. The van der Waals surface area contributed by atoms with Gasteiger partial charge in [0, 0.05) is 17.8 Å². The van der Waals surface area contributed by atoms with E-state index in [9.17, 15) is 50.0 Å². The summed E-state index contributed by atoms with van der Waals surface area (Å²) in [5, 5.41) is 54.0. The van der Waals surface area contributed by atoms with Gasteiger partial charge in [0.05, 0.1) is 32.6 Å². The van der Waals surface area contributed by atoms with Gasteiger partial charge in [0.2, 0.25) is 6.79 Å². The van der Waals surface area contributed by atoms with Crippen molar-refractivity contribution < 1.29 is 49.1 Å². The number of nitrogens with zero attached hydrogens (tertiary/aromatic N) is 2. The first-order valence-corrected chi connectivity index (χ1v) is 12.7. The highest BCUT2D eigenvalue weighted by Crippen LogP contribution is 2.33. The Balaban J connectivity index is 1.40. The predicted molar refractivity (Wildman–Crippen MR) is 154 cm³/mol. The third-order valence-corrected chi connectivity index (χ3v) is 6.40. The molecule has 1 unspecified atom stereocenters. The van der Waals surface area contributed by atoms with E-state index in [2.05, 4.69) is 5.32 Å². The van der Waals surface area contributed by atoms with Gasteiger partial charge in [-0.25, -0.2) is 9.59 Å². The van der Waals surface area contributed by atoms with Crippen LogP contribution in [0.5, 0.6) is 11.5 Å². The molecule has 0 fully saturated rings. The zero-order valence-electron chi connectivity index (χ0n) is 22.8. The summed E-state index contributed by atoms with van der Waals surface area (Å²) in [5.74, 6) is -3.28. The van der Waals surface area contributed by atoms with Crippen LogP contribution < -0.4 is 20.3 Å². The third kappa shape index (κ3) is 7.16. The molecule has 0 bridgehead atoms. The number of hydrogen-bond acceptors (Lipinski definition) is 11. The number of nitro benzene ring substituents is 2. The number of hydrogen-bond donors (Lipinski definition) is 5. The van der Waals surface area contributed by atoms with Crippen molar-refractivity contribution in [2.75, 3.05) is 12.1 Å². The SMILES string of the molecule is O=C(O)c1cccc([N+](=O)[O-])c1C(=O)Nc1ccc(OCOc2ccc(C(NO)c3c(C(=O)O)cccc3[N+](=O)[O-])cc2)cc1. The summed E-state index contributed by atoms with van der Waals surface area (Å²) >= 11 is 0. The second-order valence-corrected chi connectivity index (χ2v) is 9.08. The highest BCUT2D eigenvalue weighted by molar-refractivity contribution is 6.13. The first-order chi connectivity index (χ1) is 21.5. The van der Waals surface area contributed by atoms with Crippen LogP contribution in [0.3, 0.4) is 0 Å². The Morgan fingerprint density at radius 2 is 1.24 bits per heavy atom. The lowest BCUT2D eigenvalue weighted by Crippen LogP contribution is -2.22. The van der Waals surface area contributed by atoms with Crippen molar-refractivity contribution in [2.45, 2.75) is 6.04 Å². The van der Waals surface area contributed by atoms with Crippen LogP contribution >= 0.6 is 0 Å². The van der Waals surface area contributed by atoms with Gasteiger partial charge in [-0.1, -0.05) is 24.3 Å². The molecule has 0 radical (unpaired) electrons. The van der Waals surface area contributed by atoms with E-state index in [1.807, 2.05) is 5.48 Å². The lowest BCUT2D eigenvalue weighted by atomic mass is 9.93. The average molecular weight is 619 g/mol. The van der Waals surface area contributed by atoms with Crippen LogP contribution in [0.4, 0.5) is 17.1 Å². The number of carbonyl (C=O) groups is 3. The van der Waals surface area contributed by atoms with E-state index in [0.29, 0.717) is 17.1 Å². The first-order valence-electron chi connectivity index (χ1n) is 12.7. The molecule has 1 atom stereocenters. The molecule has 4 aromatic carbocycles. The number of carboxylic acid groups (broad SMARTS) is 2. The molecule has 1 amide bonds. The van der Waals surface area contributed by atoms with Gasteiger partial charge in [0.15, 0.2) is 0 Å². The summed E-state index contributed by atoms with van der Waals surface area (Å²) in [4.78, 5) is 57.2. The maximum Gasteiger partial charge on any atom is 0.336 e. The normalized spacial score (nSPS) is 11.2. The number of nitro groups is 2. The smallest absolute Gasteiger partial charge is 0.336 e. The molecule has 0 aliphatic heterocycles. The van der Waals surface area contributed by atoms with Crippen LogP contribution in [0.25, 0.3) is 0 Å². The van der Waals surface area contributed by atoms with E-state index in [4.69, 9.17) is 9.47 Å². The Morgan fingerprint density at radius 3 is 1.76 bits per heavy atom. The number of anilines is 1. The maximum atomic E-state index is 12.7. The predicted octanol–water partition coefficient (Wildman–Crippen LogP) is 4.64. The van der Waals surface area contributed by atoms with Gasteiger partial charge in [-0.3, -0.25) is 25.0 Å². The Morgan fingerprint density at radius 1 is 0.733 bits per heavy atom. The van der Waals surface area contributed by atoms with Crippen molar-refractivity contribution in [2.24, 2.45) is 0 Å². The van der Waals surface area contributed by atoms with Crippen LogP contribution in [0, 0.1) is 20.2 Å². The van der Waals surface area contributed by atoms with Crippen LogP contribution in [-0.2, 0) is 0 Å². The van der Waals surface area contributed by atoms with E-state index in [0.717, 1.165) is 18.2 Å².